The van der Waals surface area contributed by atoms with Crippen LogP contribution in [-0.4, -0.2) is 81.8 Å². The Labute approximate surface area is 297 Å². The second-order valence-corrected chi connectivity index (χ2v) is 11.2. The Kier molecular flexibility index (Phi) is 19.8. The van der Waals surface area contributed by atoms with Crippen molar-refractivity contribution in [2.45, 2.75) is 70.9 Å². The summed E-state index contributed by atoms with van der Waals surface area (Å²) in [5.74, 6) is -2.25. The van der Waals surface area contributed by atoms with Gasteiger partial charge in [0.25, 0.3) is 5.91 Å². The van der Waals surface area contributed by atoms with Crippen LogP contribution in [0.15, 0.2) is 55.8 Å². The maximum Gasteiger partial charge on any atom is 0.326 e. The van der Waals surface area contributed by atoms with Crippen LogP contribution in [0.5, 0.6) is 0 Å². The van der Waals surface area contributed by atoms with Crippen molar-refractivity contribution in [1.82, 2.24) is 30.6 Å². The highest BCUT2D eigenvalue weighted by molar-refractivity contribution is 5.97. The number of esters is 1. The monoisotopic (exact) mass is 707 g/mol. The number of fused-ring (bicyclic) bond motifs is 1. The number of carbonyl (C=O) groups excluding carboxylic acids is 4. The minimum Gasteiger partial charge on any atom is -0.480 e. The average molecular weight is 708 g/mol. The molecule has 0 aliphatic rings. The molecule has 0 saturated heterocycles. The largest absolute Gasteiger partial charge is 0.480 e. The number of nitrogens with one attached hydrogen (secondary N) is 2. The molecule has 3 aromatic rings. The molecule has 1 atom stereocenters. The molecule has 1 unspecified atom stereocenters. The molecule has 0 aliphatic heterocycles. The number of allylic oxidation sites excluding steroid dienone is 1. The molecule has 1 aromatic carbocycles. The molecule has 0 spiro atoms. The zero-order chi connectivity index (χ0) is 38.3. The van der Waals surface area contributed by atoms with E-state index in [0.29, 0.717) is 55.6 Å². The van der Waals surface area contributed by atoms with Gasteiger partial charge >= 0.3 is 11.9 Å². The van der Waals surface area contributed by atoms with E-state index in [1.54, 1.807) is 30.5 Å². The number of benzene rings is 1. The fourth-order valence-corrected chi connectivity index (χ4v) is 4.33. The Morgan fingerprint density at radius 1 is 1.02 bits per heavy atom. The van der Waals surface area contributed by atoms with Crippen molar-refractivity contribution in [3.8, 4) is 0 Å². The summed E-state index contributed by atoms with van der Waals surface area (Å²) in [5, 5.41) is 14.7. The predicted octanol–water partition coefficient (Wildman–Crippen LogP) is 3.38. The van der Waals surface area contributed by atoms with Crippen LogP contribution in [0.1, 0.15) is 74.3 Å². The molecule has 51 heavy (non-hydrogen) atoms. The molecular formula is C35H49N9O7. The Hall–Kier alpha value is -5.93. The van der Waals surface area contributed by atoms with Crippen molar-refractivity contribution in [3.63, 3.8) is 0 Å². The summed E-state index contributed by atoms with van der Waals surface area (Å²) in [7, 11) is 3.17. The molecule has 16 heteroatoms. The van der Waals surface area contributed by atoms with Crippen molar-refractivity contribution in [1.29, 1.82) is 0 Å². The first kappa shape index (κ1) is 43.1. The number of aromatic nitrogens is 4. The molecule has 2 heterocycles. The number of amides is 2. The van der Waals surface area contributed by atoms with Gasteiger partial charge in [-0.3, -0.25) is 14.4 Å². The lowest BCUT2D eigenvalue weighted by Gasteiger charge is -2.19. The van der Waals surface area contributed by atoms with Crippen molar-refractivity contribution in [3.05, 3.63) is 67.0 Å². The summed E-state index contributed by atoms with van der Waals surface area (Å²) in [5.41, 5.74) is 14.9. The summed E-state index contributed by atoms with van der Waals surface area (Å²) < 4.78 is 4.57. The summed E-state index contributed by atoms with van der Waals surface area (Å²) >= 11 is 0. The maximum absolute atomic E-state index is 12.7. The highest BCUT2D eigenvalue weighted by Gasteiger charge is 2.22. The molecule has 2 aromatic heterocycles. The van der Waals surface area contributed by atoms with E-state index in [9.17, 15) is 29.1 Å². The summed E-state index contributed by atoms with van der Waals surface area (Å²) in [6, 6.07) is 5.36. The summed E-state index contributed by atoms with van der Waals surface area (Å²) in [4.78, 5) is 75.8. The fourth-order valence-electron chi connectivity index (χ4n) is 4.33. The van der Waals surface area contributed by atoms with E-state index in [4.69, 9.17) is 11.5 Å². The number of hydrogen-bond acceptors (Lipinski definition) is 13. The number of hydrogen-bond donors (Lipinski definition) is 5. The number of aliphatic carboxylic acids is 1. The second-order valence-electron chi connectivity index (χ2n) is 11.2. The molecule has 0 aliphatic carbocycles. The Morgan fingerprint density at radius 3 is 2.29 bits per heavy atom. The average Bonchev–Trinajstić information content (AvgIpc) is 3.11. The number of nitrogens with two attached hydrogens (primary N) is 2. The third kappa shape index (κ3) is 16.3. The first-order valence-corrected chi connectivity index (χ1v) is 16.2. The lowest BCUT2D eigenvalue weighted by Crippen LogP contribution is -2.41. The highest BCUT2D eigenvalue weighted by Crippen LogP contribution is 2.19. The van der Waals surface area contributed by atoms with Crippen molar-refractivity contribution < 1.29 is 33.8 Å². The number of anilines is 3. The van der Waals surface area contributed by atoms with Gasteiger partial charge in [0.2, 0.25) is 11.9 Å². The first-order chi connectivity index (χ1) is 24.3. The summed E-state index contributed by atoms with van der Waals surface area (Å²) in [6.07, 6.45) is 6.22. The number of carboxylic acids is 1. The molecule has 16 nitrogen and oxygen atoms in total. The Balaban J connectivity index is 0.00000129. The standard InChI is InChI=1S/C27H35N9O6.C6H10O.C2H4/c1-36(15-17-14-31-24-22(32-17)23(28)34-27(29)35-24)18-9-7-16(8-10-18)25(39)33-19(26(40)41)11-12-20(37)30-13-5-3-4-6-21(38)42-2;1-6(2)4-3-5-7;1-2/h7-10,14,19H,3-6,11-13,15H2,1-2H3,(H,30,37)(H,33,39)(H,40,41)(H4,28,29,31,34,35);5H,1,3-4H2,2H3;1-2H2. The van der Waals surface area contributed by atoms with Gasteiger partial charge in [0.15, 0.2) is 17.0 Å². The van der Waals surface area contributed by atoms with E-state index in [1.165, 1.54) is 7.11 Å². The minimum atomic E-state index is -1.24. The van der Waals surface area contributed by atoms with Crippen molar-refractivity contribution in [2.24, 2.45) is 0 Å². The molecule has 7 N–H and O–H groups in total. The van der Waals surface area contributed by atoms with Crippen LogP contribution in [0.2, 0.25) is 0 Å². The van der Waals surface area contributed by atoms with Gasteiger partial charge in [0.1, 0.15) is 12.3 Å². The Bertz CT molecular complexity index is 1620. The first-order valence-electron chi connectivity index (χ1n) is 16.2. The highest BCUT2D eigenvalue weighted by atomic mass is 16.5. The number of carboxylic acid groups (broad SMARTS) is 1. The molecule has 276 valence electrons. The number of nitrogens with zero attached hydrogens (tertiary/aromatic N) is 5. The number of aldehydes is 1. The number of nitrogen functional groups attached to an aromatic ring is 2. The SMILES string of the molecule is C=C.C=C(C)CCC=O.COC(=O)CCCCCNC(=O)CCC(NC(=O)c1ccc(N(C)Cc2cnc3nc(N)nc(N)c3n2)cc1)C(=O)O. The fraction of sp³-hybridized carbons (Fsp3) is 0.400. The van der Waals surface area contributed by atoms with E-state index in [2.05, 4.69) is 55.0 Å². The molecule has 0 bridgehead atoms. The predicted molar refractivity (Wildman–Crippen MR) is 195 cm³/mol. The van der Waals surface area contributed by atoms with Crippen molar-refractivity contribution in [2.75, 3.05) is 37.1 Å². The van der Waals surface area contributed by atoms with Crippen LogP contribution in [-0.2, 0) is 30.5 Å². The van der Waals surface area contributed by atoms with Gasteiger partial charge in [-0.1, -0.05) is 12.0 Å². The molecule has 0 fully saturated rings. The van der Waals surface area contributed by atoms with Gasteiger partial charge in [-0.25, -0.2) is 14.8 Å². The van der Waals surface area contributed by atoms with E-state index >= 15 is 0 Å². The lowest BCUT2D eigenvalue weighted by atomic mass is 10.1. The van der Waals surface area contributed by atoms with Gasteiger partial charge in [0, 0.05) is 44.1 Å². The number of rotatable bonds is 18. The van der Waals surface area contributed by atoms with Gasteiger partial charge < -0.3 is 41.6 Å². The van der Waals surface area contributed by atoms with Crippen LogP contribution in [0.25, 0.3) is 11.2 Å². The van der Waals surface area contributed by atoms with Crippen molar-refractivity contribution >= 4 is 58.7 Å². The van der Waals surface area contributed by atoms with E-state index in [0.717, 1.165) is 30.4 Å². The van der Waals surface area contributed by atoms with E-state index in [1.807, 2.05) is 18.9 Å². The number of carbonyl (C=O) groups is 5. The molecule has 0 saturated carbocycles. The molecule has 0 radical (unpaired) electrons. The molecule has 3 rings (SSSR count). The second kappa shape index (κ2) is 23.4. The number of methoxy groups -OCH3 is 1. The normalized spacial score (nSPS) is 10.6. The maximum atomic E-state index is 12.7. The zero-order valence-electron chi connectivity index (χ0n) is 29.5. The van der Waals surface area contributed by atoms with Crippen LogP contribution in [0.3, 0.4) is 0 Å². The van der Waals surface area contributed by atoms with Crippen LogP contribution in [0.4, 0.5) is 17.5 Å². The summed E-state index contributed by atoms with van der Waals surface area (Å²) in [6.45, 7) is 12.3. The minimum absolute atomic E-state index is 0.0141. The zero-order valence-corrected chi connectivity index (χ0v) is 29.5. The Morgan fingerprint density at radius 2 is 1.71 bits per heavy atom. The third-order valence-electron chi connectivity index (χ3n) is 7.03. The van der Waals surface area contributed by atoms with Crippen LogP contribution < -0.4 is 27.0 Å². The van der Waals surface area contributed by atoms with Gasteiger partial charge in [0.05, 0.1) is 25.5 Å². The molecular weight excluding hydrogens is 658 g/mol. The number of unbranched alkanes of at least 4 members (excludes halogenated alkanes) is 2. The van der Waals surface area contributed by atoms with Gasteiger partial charge in [-0.15, -0.1) is 19.7 Å². The van der Waals surface area contributed by atoms with Gasteiger partial charge in [-0.2, -0.15) is 9.97 Å². The van der Waals surface area contributed by atoms with Crippen LogP contribution >= 0.6 is 0 Å². The lowest BCUT2D eigenvalue weighted by molar-refractivity contribution is -0.141. The van der Waals surface area contributed by atoms with E-state index < -0.39 is 17.9 Å². The van der Waals surface area contributed by atoms with Gasteiger partial charge in [-0.05, 0) is 56.9 Å². The molecule has 2 amide bonds. The van der Waals surface area contributed by atoms with E-state index in [-0.39, 0.29) is 42.0 Å². The topological polar surface area (TPSA) is 246 Å². The smallest absolute Gasteiger partial charge is 0.326 e. The quantitative estimate of drug-likeness (QED) is 0.0551. The third-order valence-corrected chi connectivity index (χ3v) is 7.03. The van der Waals surface area contributed by atoms with Crippen LogP contribution in [0, 0.1) is 0 Å². The number of ether oxygens (including phenoxy) is 1.